The predicted octanol–water partition coefficient (Wildman–Crippen LogP) is 0.813. The molecule has 2 aromatic rings. The Balaban J connectivity index is 1.94. The Morgan fingerprint density at radius 2 is 2.10 bits per heavy atom. The lowest BCUT2D eigenvalue weighted by Crippen LogP contribution is -2.26. The summed E-state index contributed by atoms with van der Waals surface area (Å²) in [6.07, 6.45) is 4.72. The van der Waals surface area contributed by atoms with E-state index in [1.165, 1.54) is 6.07 Å². The molecule has 0 radical (unpaired) electrons. The Morgan fingerprint density at radius 1 is 1.30 bits per heavy atom. The van der Waals surface area contributed by atoms with E-state index in [0.717, 1.165) is 5.82 Å². The van der Waals surface area contributed by atoms with Gasteiger partial charge in [0.15, 0.2) is 0 Å². The minimum atomic E-state index is -3.58. The highest BCUT2D eigenvalue weighted by Crippen LogP contribution is 2.15. The number of aromatic nitrogens is 2. The van der Waals surface area contributed by atoms with Gasteiger partial charge in [-0.05, 0) is 18.1 Å². The first-order valence-corrected chi connectivity index (χ1v) is 7.78. The Hall–Kier alpha value is -1.70. The predicted molar refractivity (Wildman–Crippen MR) is 74.5 cm³/mol. The first-order valence-electron chi connectivity index (χ1n) is 6.30. The molecule has 0 saturated carbocycles. The minimum Gasteiger partial charge on any atom is -0.392 e. The van der Waals surface area contributed by atoms with Crippen LogP contribution in [-0.4, -0.2) is 30.0 Å². The number of nitrogens with zero attached hydrogens (tertiary/aromatic N) is 1. The van der Waals surface area contributed by atoms with E-state index in [1.54, 1.807) is 30.6 Å². The van der Waals surface area contributed by atoms with Crippen LogP contribution in [0.3, 0.4) is 0 Å². The van der Waals surface area contributed by atoms with Crippen molar-refractivity contribution in [1.82, 2.24) is 14.7 Å². The third kappa shape index (κ3) is 3.66. The van der Waals surface area contributed by atoms with Crippen molar-refractivity contribution in [2.24, 2.45) is 0 Å². The fraction of sp³-hybridized carbons (Fsp3) is 0.308. The number of H-pyrrole nitrogens is 1. The van der Waals surface area contributed by atoms with Gasteiger partial charge in [0.25, 0.3) is 0 Å². The van der Waals surface area contributed by atoms with E-state index in [-0.39, 0.29) is 11.5 Å². The summed E-state index contributed by atoms with van der Waals surface area (Å²) in [6, 6.07) is 6.41. The highest BCUT2D eigenvalue weighted by Gasteiger charge is 2.16. The number of aliphatic hydroxyl groups excluding tert-OH is 1. The van der Waals surface area contributed by atoms with E-state index in [9.17, 15) is 13.5 Å². The van der Waals surface area contributed by atoms with Crippen LogP contribution in [0.4, 0.5) is 0 Å². The summed E-state index contributed by atoms with van der Waals surface area (Å²) in [5.41, 5.74) is 0.394. The molecule has 0 spiro atoms. The van der Waals surface area contributed by atoms with Crippen LogP contribution in [-0.2, 0) is 23.1 Å². The molecular weight excluding hydrogens is 278 g/mol. The van der Waals surface area contributed by atoms with Gasteiger partial charge in [0, 0.05) is 25.4 Å². The van der Waals surface area contributed by atoms with Crippen molar-refractivity contribution in [2.45, 2.75) is 24.3 Å². The summed E-state index contributed by atoms with van der Waals surface area (Å²) >= 11 is 0. The first-order chi connectivity index (χ1) is 9.63. The molecule has 1 heterocycles. The Labute approximate surface area is 117 Å². The van der Waals surface area contributed by atoms with Crippen LogP contribution in [0.25, 0.3) is 0 Å². The monoisotopic (exact) mass is 295 g/mol. The van der Waals surface area contributed by atoms with Crippen molar-refractivity contribution >= 4 is 10.0 Å². The summed E-state index contributed by atoms with van der Waals surface area (Å²) in [4.78, 5) is 7.16. The smallest absolute Gasteiger partial charge is 0.240 e. The lowest BCUT2D eigenvalue weighted by Gasteiger charge is -2.09. The molecular formula is C13H17N3O3S. The van der Waals surface area contributed by atoms with Crippen molar-refractivity contribution in [3.63, 3.8) is 0 Å². The summed E-state index contributed by atoms with van der Waals surface area (Å²) in [6.45, 7) is 0.0201. The van der Waals surface area contributed by atoms with Crippen LogP contribution in [0.1, 0.15) is 17.8 Å². The molecule has 0 amide bonds. The van der Waals surface area contributed by atoms with Crippen molar-refractivity contribution in [3.05, 3.63) is 48.0 Å². The number of aliphatic hydroxyl groups is 1. The van der Waals surface area contributed by atoms with E-state index >= 15 is 0 Å². The number of rotatable bonds is 7. The van der Waals surface area contributed by atoms with Crippen molar-refractivity contribution in [2.75, 3.05) is 6.54 Å². The van der Waals surface area contributed by atoms with Crippen LogP contribution in [0.5, 0.6) is 0 Å². The van der Waals surface area contributed by atoms with E-state index < -0.39 is 10.0 Å². The number of aromatic amines is 1. The van der Waals surface area contributed by atoms with Crippen LogP contribution < -0.4 is 4.72 Å². The Morgan fingerprint density at radius 3 is 2.80 bits per heavy atom. The molecule has 0 aliphatic carbocycles. The zero-order valence-corrected chi connectivity index (χ0v) is 11.7. The van der Waals surface area contributed by atoms with Crippen LogP contribution >= 0.6 is 0 Å². The number of hydrogen-bond donors (Lipinski definition) is 3. The number of imidazole rings is 1. The second-order valence-corrected chi connectivity index (χ2v) is 6.04. The molecule has 0 saturated heterocycles. The summed E-state index contributed by atoms with van der Waals surface area (Å²) in [5.74, 6) is 0.833. The molecule has 0 aliphatic heterocycles. The van der Waals surface area contributed by atoms with Gasteiger partial charge in [-0.3, -0.25) is 0 Å². The highest BCUT2D eigenvalue weighted by molar-refractivity contribution is 7.89. The average Bonchev–Trinajstić information content (AvgIpc) is 2.97. The molecule has 20 heavy (non-hydrogen) atoms. The fourth-order valence-corrected chi connectivity index (χ4v) is 3.18. The van der Waals surface area contributed by atoms with Gasteiger partial charge < -0.3 is 10.1 Å². The molecule has 7 heteroatoms. The van der Waals surface area contributed by atoms with E-state index in [1.807, 2.05) is 0 Å². The van der Waals surface area contributed by atoms with Gasteiger partial charge in [0.1, 0.15) is 5.82 Å². The van der Waals surface area contributed by atoms with E-state index in [4.69, 9.17) is 0 Å². The van der Waals surface area contributed by atoms with E-state index in [2.05, 4.69) is 14.7 Å². The molecule has 0 aliphatic rings. The Bertz CT molecular complexity index is 639. The Kier molecular flexibility index (Phi) is 4.89. The maximum absolute atomic E-state index is 12.1. The van der Waals surface area contributed by atoms with Crippen molar-refractivity contribution in [3.8, 4) is 0 Å². The third-order valence-electron chi connectivity index (χ3n) is 2.87. The van der Waals surface area contributed by atoms with E-state index in [0.29, 0.717) is 24.9 Å². The third-order valence-corrected chi connectivity index (χ3v) is 4.43. The lowest BCUT2D eigenvalue weighted by molar-refractivity contribution is 0.278. The second kappa shape index (κ2) is 6.65. The number of hydrogen-bond acceptors (Lipinski definition) is 4. The van der Waals surface area contributed by atoms with Gasteiger partial charge in [-0.2, -0.15) is 0 Å². The molecule has 0 fully saturated rings. The molecule has 1 aromatic heterocycles. The standard InChI is InChI=1S/C13H17N3O3S/c17-10-11-4-1-2-5-12(11)20(18,19)16-7-3-6-13-14-8-9-15-13/h1-2,4-5,8-9,16-17H,3,6-7,10H2,(H,14,15). The fourth-order valence-electron chi connectivity index (χ4n) is 1.87. The molecule has 3 N–H and O–H groups in total. The maximum atomic E-state index is 12.1. The van der Waals surface area contributed by atoms with Crippen LogP contribution in [0.2, 0.25) is 0 Å². The van der Waals surface area contributed by atoms with Gasteiger partial charge in [-0.1, -0.05) is 18.2 Å². The second-order valence-electron chi connectivity index (χ2n) is 4.30. The summed E-state index contributed by atoms with van der Waals surface area (Å²) in [5, 5.41) is 9.17. The van der Waals surface area contributed by atoms with Crippen LogP contribution in [0, 0.1) is 0 Å². The summed E-state index contributed by atoms with van der Waals surface area (Å²) < 4.78 is 26.8. The minimum absolute atomic E-state index is 0.125. The molecule has 1 aromatic carbocycles. The highest BCUT2D eigenvalue weighted by atomic mass is 32.2. The molecule has 2 rings (SSSR count). The zero-order valence-electron chi connectivity index (χ0n) is 10.9. The van der Waals surface area contributed by atoms with Gasteiger partial charge in [-0.25, -0.2) is 18.1 Å². The molecule has 6 nitrogen and oxygen atoms in total. The molecule has 0 atom stereocenters. The number of benzene rings is 1. The molecule has 108 valence electrons. The topological polar surface area (TPSA) is 95.1 Å². The first kappa shape index (κ1) is 14.7. The summed E-state index contributed by atoms with van der Waals surface area (Å²) in [7, 11) is -3.58. The number of aryl methyl sites for hydroxylation is 1. The van der Waals surface area contributed by atoms with Crippen molar-refractivity contribution in [1.29, 1.82) is 0 Å². The van der Waals surface area contributed by atoms with Crippen molar-refractivity contribution < 1.29 is 13.5 Å². The molecule has 0 unspecified atom stereocenters. The lowest BCUT2D eigenvalue weighted by atomic mass is 10.2. The van der Waals surface area contributed by atoms with Gasteiger partial charge in [0.2, 0.25) is 10.0 Å². The average molecular weight is 295 g/mol. The van der Waals surface area contributed by atoms with Gasteiger partial charge in [0.05, 0.1) is 11.5 Å². The number of nitrogens with one attached hydrogen (secondary N) is 2. The van der Waals surface area contributed by atoms with Gasteiger partial charge >= 0.3 is 0 Å². The largest absolute Gasteiger partial charge is 0.392 e. The van der Waals surface area contributed by atoms with Crippen LogP contribution in [0.15, 0.2) is 41.6 Å². The van der Waals surface area contributed by atoms with Gasteiger partial charge in [-0.15, -0.1) is 0 Å². The maximum Gasteiger partial charge on any atom is 0.240 e. The SMILES string of the molecule is O=S(=O)(NCCCc1ncc[nH]1)c1ccccc1CO. The zero-order chi connectivity index (χ0) is 14.4. The molecule has 0 bridgehead atoms. The normalized spacial score (nSPS) is 11.7. The quantitative estimate of drug-likeness (QED) is 0.659. The number of sulfonamides is 1.